The lowest BCUT2D eigenvalue weighted by molar-refractivity contribution is 0.341. The molecule has 164 valence electrons. The molecule has 2 heterocycles. The smallest absolute Gasteiger partial charge is 0.183 e. The van der Waals surface area contributed by atoms with Crippen molar-refractivity contribution in [2.45, 2.75) is 13.3 Å². The lowest BCUT2D eigenvalue weighted by atomic mass is 10.1. The Hall–Kier alpha value is -3.47. The Balaban J connectivity index is 1.51. The van der Waals surface area contributed by atoms with Crippen LogP contribution >= 0.6 is 15.9 Å². The fourth-order valence-electron chi connectivity index (χ4n) is 3.16. The van der Waals surface area contributed by atoms with Gasteiger partial charge >= 0.3 is 0 Å². The van der Waals surface area contributed by atoms with E-state index in [1.165, 1.54) is 18.5 Å². The van der Waals surface area contributed by atoms with Crippen molar-refractivity contribution in [2.75, 3.05) is 18.5 Å². The van der Waals surface area contributed by atoms with Crippen molar-refractivity contribution < 1.29 is 13.5 Å². The average molecular weight is 502 g/mol. The first-order valence-electron chi connectivity index (χ1n) is 9.75. The number of ether oxygens (including phenoxy) is 1. The molecule has 0 bridgehead atoms. The number of tetrazole rings is 1. The second-order valence-electron chi connectivity index (χ2n) is 6.71. The number of benzene rings is 2. The topological polar surface area (TPSA) is 102 Å². The molecular formula is C21H18BrF2N7O. The molecule has 0 aliphatic carbocycles. The lowest BCUT2D eigenvalue weighted by Crippen LogP contribution is -2.09. The zero-order chi connectivity index (χ0) is 22.5. The summed E-state index contributed by atoms with van der Waals surface area (Å²) < 4.78 is 34.1. The summed E-state index contributed by atoms with van der Waals surface area (Å²) in [6.07, 6.45) is 1.59. The standard InChI is InChI=1S/C21H18BrF2N7O/c1-2-32-19-7-12(3-4-15(19)21-28-30-31-29-21)18-10-20(27-11-26-18)25-6-5-14-16(23)8-13(22)9-17(14)24/h3-4,7-11H,2,5-6H2,1H3,(H,25,26,27)(H,28,29,30,31). The molecule has 0 radical (unpaired) electrons. The molecule has 0 aliphatic rings. The van der Waals surface area contributed by atoms with Gasteiger partial charge in [-0.05, 0) is 48.0 Å². The number of H-pyrrole nitrogens is 1. The molecule has 0 amide bonds. The summed E-state index contributed by atoms with van der Waals surface area (Å²) in [5.74, 6) is 0.463. The predicted octanol–water partition coefficient (Wildman–Crippen LogP) is 4.42. The second-order valence-corrected chi connectivity index (χ2v) is 7.62. The Morgan fingerprint density at radius 1 is 1.09 bits per heavy atom. The molecule has 0 saturated carbocycles. The number of hydrogen-bond donors (Lipinski definition) is 2. The second kappa shape index (κ2) is 9.77. The van der Waals surface area contributed by atoms with Crippen molar-refractivity contribution >= 4 is 21.7 Å². The highest BCUT2D eigenvalue weighted by atomic mass is 79.9. The quantitative estimate of drug-likeness (QED) is 0.368. The van der Waals surface area contributed by atoms with Crippen LogP contribution in [0.5, 0.6) is 5.75 Å². The van der Waals surface area contributed by atoms with Crippen LogP contribution in [0, 0.1) is 11.6 Å². The van der Waals surface area contributed by atoms with Gasteiger partial charge in [-0.1, -0.05) is 22.0 Å². The molecule has 0 fully saturated rings. The monoisotopic (exact) mass is 501 g/mol. The summed E-state index contributed by atoms with van der Waals surface area (Å²) in [4.78, 5) is 8.52. The number of aromatic amines is 1. The third-order valence-electron chi connectivity index (χ3n) is 4.63. The van der Waals surface area contributed by atoms with Crippen molar-refractivity contribution in [2.24, 2.45) is 0 Å². The van der Waals surface area contributed by atoms with Crippen LogP contribution in [0.15, 0.2) is 47.2 Å². The van der Waals surface area contributed by atoms with Crippen LogP contribution < -0.4 is 10.1 Å². The van der Waals surface area contributed by atoms with Gasteiger partial charge in [0.05, 0.1) is 17.9 Å². The van der Waals surface area contributed by atoms with Gasteiger partial charge in [0.15, 0.2) is 5.82 Å². The van der Waals surface area contributed by atoms with Crippen LogP contribution in [0.25, 0.3) is 22.6 Å². The summed E-state index contributed by atoms with van der Waals surface area (Å²) in [5, 5.41) is 17.0. The number of aromatic nitrogens is 6. The van der Waals surface area contributed by atoms with E-state index in [0.717, 1.165) is 11.1 Å². The van der Waals surface area contributed by atoms with Gasteiger partial charge in [0.1, 0.15) is 29.5 Å². The molecule has 4 rings (SSSR count). The third-order valence-corrected chi connectivity index (χ3v) is 5.09. The average Bonchev–Trinajstić information content (AvgIpc) is 3.31. The number of rotatable bonds is 8. The van der Waals surface area contributed by atoms with Gasteiger partial charge in [-0.3, -0.25) is 0 Å². The first-order chi connectivity index (χ1) is 15.5. The third kappa shape index (κ3) is 4.88. The van der Waals surface area contributed by atoms with Crippen LogP contribution in [-0.2, 0) is 6.42 Å². The van der Waals surface area contributed by atoms with Crippen molar-refractivity contribution in [1.29, 1.82) is 0 Å². The van der Waals surface area contributed by atoms with E-state index < -0.39 is 11.6 Å². The molecule has 0 unspecified atom stereocenters. The summed E-state index contributed by atoms with van der Waals surface area (Å²) in [7, 11) is 0. The molecule has 32 heavy (non-hydrogen) atoms. The van der Waals surface area contributed by atoms with Gasteiger partial charge in [0.2, 0.25) is 0 Å². The van der Waals surface area contributed by atoms with Crippen molar-refractivity contribution in [3.05, 3.63) is 64.4 Å². The molecule has 0 spiro atoms. The van der Waals surface area contributed by atoms with Gasteiger partial charge in [-0.25, -0.2) is 23.8 Å². The molecule has 2 aromatic heterocycles. The Morgan fingerprint density at radius 3 is 2.62 bits per heavy atom. The predicted molar refractivity (Wildman–Crippen MR) is 118 cm³/mol. The van der Waals surface area contributed by atoms with Crippen molar-refractivity contribution in [3.63, 3.8) is 0 Å². The molecule has 8 nitrogen and oxygen atoms in total. The van der Waals surface area contributed by atoms with Crippen molar-refractivity contribution in [3.8, 4) is 28.4 Å². The molecule has 0 saturated heterocycles. The molecule has 11 heteroatoms. The number of halogens is 3. The van der Waals surface area contributed by atoms with Gasteiger partial charge in [0, 0.05) is 28.2 Å². The summed E-state index contributed by atoms with van der Waals surface area (Å²) in [5.41, 5.74) is 2.22. The highest BCUT2D eigenvalue weighted by Crippen LogP contribution is 2.32. The fraction of sp³-hybridized carbons (Fsp3) is 0.190. The minimum Gasteiger partial charge on any atom is -0.493 e. The van der Waals surface area contributed by atoms with Crippen LogP contribution in [0.2, 0.25) is 0 Å². The summed E-state index contributed by atoms with van der Waals surface area (Å²) >= 11 is 3.08. The number of nitrogens with zero attached hydrogens (tertiary/aromatic N) is 5. The molecular weight excluding hydrogens is 484 g/mol. The van der Waals surface area contributed by atoms with Gasteiger partial charge in [-0.15, -0.1) is 5.10 Å². The Morgan fingerprint density at radius 2 is 1.91 bits per heavy atom. The maximum absolute atomic E-state index is 14.0. The highest BCUT2D eigenvalue weighted by molar-refractivity contribution is 9.10. The van der Waals surface area contributed by atoms with Crippen LogP contribution in [0.4, 0.5) is 14.6 Å². The zero-order valence-corrected chi connectivity index (χ0v) is 18.5. The number of anilines is 1. The molecule has 4 aromatic rings. The van der Waals surface area contributed by atoms with E-state index in [-0.39, 0.29) is 12.0 Å². The van der Waals surface area contributed by atoms with E-state index >= 15 is 0 Å². The minimum atomic E-state index is -0.590. The maximum Gasteiger partial charge on any atom is 0.183 e. The van der Waals surface area contributed by atoms with E-state index in [9.17, 15) is 8.78 Å². The normalized spacial score (nSPS) is 10.9. The van der Waals surface area contributed by atoms with E-state index in [4.69, 9.17) is 4.74 Å². The molecule has 0 atom stereocenters. The van der Waals surface area contributed by atoms with Gasteiger partial charge in [-0.2, -0.15) is 0 Å². The van der Waals surface area contributed by atoms with Gasteiger partial charge in [0.25, 0.3) is 0 Å². The maximum atomic E-state index is 14.0. The Kier molecular flexibility index (Phi) is 6.64. The SMILES string of the molecule is CCOc1cc(-c2cc(NCCc3c(F)cc(Br)cc3F)ncn2)ccc1-c1nnn[nH]1. The summed E-state index contributed by atoms with van der Waals surface area (Å²) in [6.45, 7) is 2.66. The molecule has 2 aromatic carbocycles. The first kappa shape index (κ1) is 21.8. The van der Waals surface area contributed by atoms with Gasteiger partial charge < -0.3 is 10.1 Å². The molecule has 0 aliphatic heterocycles. The van der Waals surface area contributed by atoms with Crippen LogP contribution in [0.3, 0.4) is 0 Å². The minimum absolute atomic E-state index is 0.0221. The van der Waals surface area contributed by atoms with E-state index in [0.29, 0.717) is 40.7 Å². The number of nitrogens with one attached hydrogen (secondary N) is 2. The molecule has 2 N–H and O–H groups in total. The number of hydrogen-bond acceptors (Lipinski definition) is 7. The Labute approximate surface area is 190 Å². The lowest BCUT2D eigenvalue weighted by Gasteiger charge is -2.11. The summed E-state index contributed by atoms with van der Waals surface area (Å²) in [6, 6.07) is 9.82. The highest BCUT2D eigenvalue weighted by Gasteiger charge is 2.13. The van der Waals surface area contributed by atoms with Crippen LogP contribution in [0.1, 0.15) is 12.5 Å². The van der Waals surface area contributed by atoms with E-state index in [1.54, 1.807) is 6.07 Å². The largest absolute Gasteiger partial charge is 0.493 e. The Bertz CT molecular complexity index is 1200. The fourth-order valence-corrected chi connectivity index (χ4v) is 3.57. The zero-order valence-electron chi connectivity index (χ0n) is 16.9. The van der Waals surface area contributed by atoms with Crippen molar-refractivity contribution in [1.82, 2.24) is 30.6 Å². The van der Waals surface area contributed by atoms with E-state index in [1.807, 2.05) is 25.1 Å². The first-order valence-corrected chi connectivity index (χ1v) is 10.5. The van der Waals surface area contributed by atoms with E-state index in [2.05, 4.69) is 51.8 Å². The van der Waals surface area contributed by atoms with Crippen LogP contribution in [-0.4, -0.2) is 43.7 Å².